The number of anilines is 1. The lowest BCUT2D eigenvalue weighted by Crippen LogP contribution is -2.19. The molecule has 0 saturated heterocycles. The molecule has 0 aliphatic carbocycles. The zero-order chi connectivity index (χ0) is 15.4. The summed E-state index contributed by atoms with van der Waals surface area (Å²) >= 11 is 0. The largest absolute Gasteiger partial charge is 0.435 e. The van der Waals surface area contributed by atoms with Crippen molar-refractivity contribution in [3.8, 4) is 5.75 Å². The topological polar surface area (TPSA) is 56.2 Å². The minimum absolute atomic E-state index is 0.0137. The van der Waals surface area contributed by atoms with Crippen LogP contribution in [0.5, 0.6) is 5.75 Å². The lowest BCUT2D eigenvalue weighted by Gasteiger charge is -2.12. The number of amides is 1. The number of benzene rings is 1. The van der Waals surface area contributed by atoms with Crippen molar-refractivity contribution in [2.24, 2.45) is 0 Å². The second-order valence-corrected chi connectivity index (χ2v) is 4.62. The highest BCUT2D eigenvalue weighted by atomic mass is 19.3. The number of alkyl halides is 2. The Bertz CT molecular complexity index is 626. The van der Waals surface area contributed by atoms with Crippen LogP contribution in [0.15, 0.2) is 36.5 Å². The molecular formula is C14H15F2N3O2. The Morgan fingerprint density at radius 3 is 2.76 bits per heavy atom. The molecule has 5 nitrogen and oxygen atoms in total. The van der Waals surface area contributed by atoms with E-state index in [2.05, 4.69) is 15.2 Å². The normalized spacial score (nSPS) is 11.0. The van der Waals surface area contributed by atoms with E-state index in [-0.39, 0.29) is 17.7 Å². The van der Waals surface area contributed by atoms with Crippen molar-refractivity contribution < 1.29 is 18.3 Å². The highest BCUT2D eigenvalue weighted by Crippen LogP contribution is 2.20. The van der Waals surface area contributed by atoms with Crippen LogP contribution >= 0.6 is 0 Å². The van der Waals surface area contributed by atoms with E-state index in [4.69, 9.17) is 0 Å². The predicted octanol–water partition coefficient (Wildman–Crippen LogP) is 3.32. The fourth-order valence-corrected chi connectivity index (χ4v) is 1.85. The van der Waals surface area contributed by atoms with Gasteiger partial charge in [0.1, 0.15) is 11.4 Å². The lowest BCUT2D eigenvalue weighted by molar-refractivity contribution is -0.0497. The quantitative estimate of drug-likeness (QED) is 0.920. The van der Waals surface area contributed by atoms with Crippen LogP contribution in [0.2, 0.25) is 0 Å². The van der Waals surface area contributed by atoms with Crippen LogP contribution in [0.4, 0.5) is 14.5 Å². The average Bonchev–Trinajstić information content (AvgIpc) is 2.87. The molecule has 112 valence electrons. The summed E-state index contributed by atoms with van der Waals surface area (Å²) in [7, 11) is 0. The summed E-state index contributed by atoms with van der Waals surface area (Å²) < 4.78 is 30.2. The molecule has 1 aromatic heterocycles. The summed E-state index contributed by atoms with van der Waals surface area (Å²) in [5, 5.41) is 6.70. The van der Waals surface area contributed by atoms with E-state index in [1.807, 2.05) is 13.8 Å². The molecule has 0 aliphatic rings. The first-order chi connectivity index (χ1) is 9.97. The van der Waals surface area contributed by atoms with Crippen molar-refractivity contribution in [1.82, 2.24) is 9.78 Å². The fraction of sp³-hybridized carbons (Fsp3) is 0.286. The lowest BCUT2D eigenvalue weighted by atomic mass is 10.3. The SMILES string of the molecule is CC(C)n1nccc1C(=O)Nc1cccc(OC(F)F)c1. The monoisotopic (exact) mass is 295 g/mol. The molecule has 21 heavy (non-hydrogen) atoms. The molecule has 0 fully saturated rings. The molecule has 1 N–H and O–H groups in total. The van der Waals surface area contributed by atoms with Gasteiger partial charge < -0.3 is 10.1 Å². The summed E-state index contributed by atoms with van der Waals surface area (Å²) in [6, 6.07) is 7.46. The Morgan fingerprint density at radius 1 is 1.33 bits per heavy atom. The molecule has 0 unspecified atom stereocenters. The molecular weight excluding hydrogens is 280 g/mol. The van der Waals surface area contributed by atoms with E-state index in [0.29, 0.717) is 11.4 Å². The molecule has 0 atom stereocenters. The van der Waals surface area contributed by atoms with Gasteiger partial charge in [-0.05, 0) is 32.0 Å². The summed E-state index contributed by atoms with van der Waals surface area (Å²) in [5.74, 6) is -0.379. The molecule has 0 bridgehead atoms. The van der Waals surface area contributed by atoms with Gasteiger partial charge in [0.15, 0.2) is 0 Å². The van der Waals surface area contributed by atoms with Gasteiger partial charge in [0.05, 0.1) is 0 Å². The highest BCUT2D eigenvalue weighted by Gasteiger charge is 2.14. The molecule has 1 aromatic carbocycles. The van der Waals surface area contributed by atoms with Gasteiger partial charge in [-0.1, -0.05) is 6.07 Å². The third-order valence-electron chi connectivity index (χ3n) is 2.71. The Hall–Kier alpha value is -2.44. The van der Waals surface area contributed by atoms with Crippen molar-refractivity contribution in [3.63, 3.8) is 0 Å². The van der Waals surface area contributed by atoms with E-state index in [9.17, 15) is 13.6 Å². The molecule has 0 radical (unpaired) electrons. The van der Waals surface area contributed by atoms with Crippen LogP contribution in [0.1, 0.15) is 30.4 Å². The van der Waals surface area contributed by atoms with Gasteiger partial charge in [-0.2, -0.15) is 13.9 Å². The molecule has 1 amide bonds. The predicted molar refractivity (Wildman–Crippen MR) is 73.6 cm³/mol. The number of nitrogens with zero attached hydrogens (tertiary/aromatic N) is 2. The maximum Gasteiger partial charge on any atom is 0.387 e. The third kappa shape index (κ3) is 3.77. The first-order valence-corrected chi connectivity index (χ1v) is 6.37. The number of carbonyl (C=O) groups is 1. The number of hydrogen-bond acceptors (Lipinski definition) is 3. The standard InChI is InChI=1S/C14H15F2N3O2/c1-9(2)19-12(6-7-17-19)13(20)18-10-4-3-5-11(8-10)21-14(15)16/h3-9,14H,1-2H3,(H,18,20). The van der Waals surface area contributed by atoms with Gasteiger partial charge in [-0.3, -0.25) is 9.48 Å². The van der Waals surface area contributed by atoms with Crippen LogP contribution in [0.3, 0.4) is 0 Å². The van der Waals surface area contributed by atoms with E-state index >= 15 is 0 Å². The molecule has 2 aromatic rings. The number of hydrogen-bond donors (Lipinski definition) is 1. The van der Waals surface area contributed by atoms with Crippen molar-refractivity contribution in [2.75, 3.05) is 5.32 Å². The summed E-state index contributed by atoms with van der Waals surface area (Å²) in [5.41, 5.74) is 0.764. The molecule has 0 spiro atoms. The second kappa shape index (κ2) is 6.34. The first-order valence-electron chi connectivity index (χ1n) is 6.37. The molecule has 2 rings (SSSR count). The zero-order valence-corrected chi connectivity index (χ0v) is 11.6. The number of rotatable bonds is 5. The fourth-order valence-electron chi connectivity index (χ4n) is 1.85. The van der Waals surface area contributed by atoms with E-state index in [0.717, 1.165) is 0 Å². The highest BCUT2D eigenvalue weighted by molar-refractivity contribution is 6.03. The number of nitrogens with one attached hydrogen (secondary N) is 1. The van der Waals surface area contributed by atoms with Gasteiger partial charge in [0.25, 0.3) is 5.91 Å². The van der Waals surface area contributed by atoms with E-state index in [1.165, 1.54) is 24.4 Å². The first kappa shape index (κ1) is 15.0. The maximum atomic E-state index is 12.2. The Labute approximate surface area is 120 Å². The van der Waals surface area contributed by atoms with E-state index < -0.39 is 6.61 Å². The summed E-state index contributed by atoms with van der Waals surface area (Å²) in [4.78, 5) is 12.2. The van der Waals surface area contributed by atoms with E-state index in [1.54, 1.807) is 16.8 Å². The number of carbonyl (C=O) groups excluding carboxylic acids is 1. The van der Waals surface area contributed by atoms with Crippen molar-refractivity contribution in [1.29, 1.82) is 0 Å². The van der Waals surface area contributed by atoms with Crippen LogP contribution in [-0.2, 0) is 0 Å². The molecule has 0 saturated carbocycles. The minimum Gasteiger partial charge on any atom is -0.435 e. The molecule has 7 heteroatoms. The third-order valence-corrected chi connectivity index (χ3v) is 2.71. The summed E-state index contributed by atoms with van der Waals surface area (Å²) in [6.45, 7) is 0.903. The Morgan fingerprint density at radius 2 is 2.10 bits per heavy atom. The summed E-state index contributed by atoms with van der Waals surface area (Å²) in [6.07, 6.45) is 1.53. The van der Waals surface area contributed by atoms with Gasteiger partial charge in [0.2, 0.25) is 0 Å². The van der Waals surface area contributed by atoms with Crippen LogP contribution < -0.4 is 10.1 Å². The van der Waals surface area contributed by atoms with Crippen LogP contribution in [-0.4, -0.2) is 22.3 Å². The Kier molecular flexibility index (Phi) is 4.52. The number of halogens is 2. The smallest absolute Gasteiger partial charge is 0.387 e. The van der Waals surface area contributed by atoms with Crippen molar-refractivity contribution in [3.05, 3.63) is 42.2 Å². The van der Waals surface area contributed by atoms with Gasteiger partial charge >= 0.3 is 6.61 Å². The maximum absolute atomic E-state index is 12.2. The second-order valence-electron chi connectivity index (χ2n) is 4.62. The number of aromatic nitrogens is 2. The Balaban J connectivity index is 2.14. The molecule has 1 heterocycles. The van der Waals surface area contributed by atoms with Crippen LogP contribution in [0, 0.1) is 0 Å². The number of ether oxygens (including phenoxy) is 1. The van der Waals surface area contributed by atoms with Crippen molar-refractivity contribution >= 4 is 11.6 Å². The van der Waals surface area contributed by atoms with Crippen LogP contribution in [0.25, 0.3) is 0 Å². The van der Waals surface area contributed by atoms with Crippen molar-refractivity contribution in [2.45, 2.75) is 26.5 Å². The molecule has 0 aliphatic heterocycles. The average molecular weight is 295 g/mol. The minimum atomic E-state index is -2.90. The van der Waals surface area contributed by atoms with Gasteiger partial charge in [-0.25, -0.2) is 0 Å². The zero-order valence-electron chi connectivity index (χ0n) is 11.6. The van der Waals surface area contributed by atoms with Gasteiger partial charge in [0, 0.05) is 24.0 Å². The van der Waals surface area contributed by atoms with Gasteiger partial charge in [-0.15, -0.1) is 0 Å².